The molecule has 1 aliphatic rings. The first-order chi connectivity index (χ1) is 9.00. The lowest BCUT2D eigenvalue weighted by molar-refractivity contribution is -0.152. The third-order valence-corrected chi connectivity index (χ3v) is 3.42. The molecule has 1 aliphatic heterocycles. The Morgan fingerprint density at radius 2 is 2.26 bits per heavy atom. The van der Waals surface area contributed by atoms with Gasteiger partial charge in [-0.1, -0.05) is 0 Å². The highest BCUT2D eigenvalue weighted by Gasteiger charge is 2.34. The molecule has 1 aromatic rings. The zero-order chi connectivity index (χ0) is 14.0. The molecule has 0 radical (unpaired) electrons. The Morgan fingerprint density at radius 1 is 1.53 bits per heavy atom. The number of hydrogen-bond donors (Lipinski definition) is 2. The Hall–Kier alpha value is -1.89. The molecule has 19 heavy (non-hydrogen) atoms. The summed E-state index contributed by atoms with van der Waals surface area (Å²) >= 11 is 0. The van der Waals surface area contributed by atoms with Gasteiger partial charge in [0.25, 0.3) is 0 Å². The van der Waals surface area contributed by atoms with Crippen LogP contribution in [0.15, 0.2) is 12.4 Å². The molecular formula is C12H18N4O3. The summed E-state index contributed by atoms with van der Waals surface area (Å²) in [5.41, 5.74) is 6.51. The molecule has 3 N–H and O–H groups in total. The molecule has 0 bridgehead atoms. The zero-order valence-electron chi connectivity index (χ0n) is 10.8. The Morgan fingerprint density at radius 3 is 2.84 bits per heavy atom. The number of aromatic nitrogens is 2. The predicted octanol–water partition coefficient (Wildman–Crippen LogP) is -0.114. The van der Waals surface area contributed by atoms with Crippen LogP contribution in [0.5, 0.6) is 0 Å². The first-order valence-electron chi connectivity index (χ1n) is 6.28. The van der Waals surface area contributed by atoms with Crippen molar-refractivity contribution in [2.75, 3.05) is 6.54 Å². The van der Waals surface area contributed by atoms with Crippen molar-refractivity contribution in [2.45, 2.75) is 31.3 Å². The number of carbonyl (C=O) groups is 2. The second kappa shape index (κ2) is 5.40. The van der Waals surface area contributed by atoms with Crippen LogP contribution in [0.2, 0.25) is 0 Å². The van der Waals surface area contributed by atoms with E-state index >= 15 is 0 Å². The fourth-order valence-electron chi connectivity index (χ4n) is 2.37. The van der Waals surface area contributed by atoms with Crippen molar-refractivity contribution >= 4 is 11.9 Å². The molecule has 0 aromatic carbocycles. The molecule has 0 spiro atoms. The number of piperidine rings is 1. The lowest BCUT2D eigenvalue weighted by Crippen LogP contribution is -2.50. The smallest absolute Gasteiger partial charge is 0.326 e. The van der Waals surface area contributed by atoms with E-state index in [-0.39, 0.29) is 5.91 Å². The molecule has 7 heteroatoms. The van der Waals surface area contributed by atoms with E-state index in [1.807, 2.05) is 0 Å². The number of hydrogen-bond acceptors (Lipinski definition) is 4. The molecule has 1 fully saturated rings. The number of carbonyl (C=O) groups excluding carboxylic acids is 1. The van der Waals surface area contributed by atoms with Crippen molar-refractivity contribution in [3.63, 3.8) is 0 Å². The van der Waals surface area contributed by atoms with Crippen LogP contribution in [-0.4, -0.2) is 44.3 Å². The van der Waals surface area contributed by atoms with Crippen LogP contribution in [-0.2, 0) is 16.6 Å². The van der Waals surface area contributed by atoms with Crippen LogP contribution in [0.3, 0.4) is 0 Å². The summed E-state index contributed by atoms with van der Waals surface area (Å²) in [6.45, 7) is 0.448. The highest BCUT2D eigenvalue weighted by molar-refractivity contribution is 5.87. The van der Waals surface area contributed by atoms with Gasteiger partial charge in [-0.15, -0.1) is 0 Å². The SMILES string of the molecule is Cn1cc(C(N)C(=O)N2CCCC[C@@H]2C(=O)O)cn1. The fourth-order valence-corrected chi connectivity index (χ4v) is 2.37. The van der Waals surface area contributed by atoms with Crippen LogP contribution in [0.4, 0.5) is 0 Å². The number of likely N-dealkylation sites (tertiary alicyclic amines) is 1. The van der Waals surface area contributed by atoms with E-state index in [1.54, 1.807) is 17.9 Å². The van der Waals surface area contributed by atoms with E-state index in [9.17, 15) is 9.59 Å². The van der Waals surface area contributed by atoms with Crippen molar-refractivity contribution < 1.29 is 14.7 Å². The van der Waals surface area contributed by atoms with E-state index in [2.05, 4.69) is 5.10 Å². The van der Waals surface area contributed by atoms with Crippen molar-refractivity contribution in [1.82, 2.24) is 14.7 Å². The Balaban J connectivity index is 2.15. The van der Waals surface area contributed by atoms with Crippen molar-refractivity contribution in [1.29, 1.82) is 0 Å². The lowest BCUT2D eigenvalue weighted by Gasteiger charge is -2.34. The summed E-state index contributed by atoms with van der Waals surface area (Å²) in [6.07, 6.45) is 5.32. The Labute approximate surface area is 111 Å². The normalized spacial score (nSPS) is 21.2. The highest BCUT2D eigenvalue weighted by Crippen LogP contribution is 2.21. The monoisotopic (exact) mass is 266 g/mol. The molecule has 1 saturated heterocycles. The van der Waals surface area contributed by atoms with Gasteiger partial charge in [0.2, 0.25) is 5.91 Å². The first kappa shape index (κ1) is 13.5. The van der Waals surface area contributed by atoms with E-state index in [0.29, 0.717) is 18.5 Å². The van der Waals surface area contributed by atoms with Gasteiger partial charge in [0, 0.05) is 25.4 Å². The highest BCUT2D eigenvalue weighted by atomic mass is 16.4. The van der Waals surface area contributed by atoms with Gasteiger partial charge in [-0.3, -0.25) is 9.48 Å². The first-order valence-corrected chi connectivity index (χ1v) is 6.28. The summed E-state index contributed by atoms with van der Waals surface area (Å²) < 4.78 is 1.56. The maximum Gasteiger partial charge on any atom is 0.326 e. The van der Waals surface area contributed by atoms with Gasteiger partial charge >= 0.3 is 5.97 Å². The number of aryl methyl sites for hydroxylation is 1. The molecule has 1 aromatic heterocycles. The van der Waals surface area contributed by atoms with E-state index < -0.39 is 18.1 Å². The standard InChI is InChI=1S/C12H18N4O3/c1-15-7-8(6-14-15)10(13)11(17)16-5-3-2-4-9(16)12(18)19/h6-7,9-10H,2-5,13H2,1H3,(H,18,19)/t9-,10?/m1/s1. The molecule has 1 unspecified atom stereocenters. The average Bonchev–Trinajstić information content (AvgIpc) is 2.83. The molecule has 7 nitrogen and oxygen atoms in total. The third kappa shape index (κ3) is 2.76. The predicted molar refractivity (Wildman–Crippen MR) is 67.1 cm³/mol. The van der Waals surface area contributed by atoms with E-state index in [1.165, 1.54) is 11.1 Å². The molecular weight excluding hydrogens is 248 g/mol. The molecule has 104 valence electrons. The van der Waals surface area contributed by atoms with Gasteiger partial charge < -0.3 is 15.7 Å². The van der Waals surface area contributed by atoms with Crippen molar-refractivity contribution in [3.8, 4) is 0 Å². The van der Waals surface area contributed by atoms with Crippen molar-refractivity contribution in [2.24, 2.45) is 12.8 Å². The molecule has 0 aliphatic carbocycles. The summed E-state index contributed by atoms with van der Waals surface area (Å²) in [4.78, 5) is 24.9. The maximum absolute atomic E-state index is 12.3. The summed E-state index contributed by atoms with van der Waals surface area (Å²) in [5.74, 6) is -1.31. The number of nitrogens with zero attached hydrogens (tertiary/aromatic N) is 3. The average molecular weight is 266 g/mol. The Bertz CT molecular complexity index is 485. The molecule has 0 saturated carbocycles. The second-order valence-electron chi connectivity index (χ2n) is 4.81. The summed E-state index contributed by atoms with van der Waals surface area (Å²) in [7, 11) is 1.74. The largest absolute Gasteiger partial charge is 0.480 e. The minimum absolute atomic E-state index is 0.347. The van der Waals surface area contributed by atoms with Crippen LogP contribution < -0.4 is 5.73 Å². The summed E-state index contributed by atoms with van der Waals surface area (Å²) in [6, 6.07) is -1.61. The third-order valence-electron chi connectivity index (χ3n) is 3.42. The number of amides is 1. The number of rotatable bonds is 3. The number of carboxylic acids is 1. The fraction of sp³-hybridized carbons (Fsp3) is 0.583. The van der Waals surface area contributed by atoms with E-state index in [4.69, 9.17) is 10.8 Å². The van der Waals surface area contributed by atoms with Gasteiger partial charge in [-0.2, -0.15) is 5.10 Å². The van der Waals surface area contributed by atoms with E-state index in [0.717, 1.165) is 12.8 Å². The van der Waals surface area contributed by atoms with Gasteiger partial charge in [0.05, 0.1) is 6.20 Å². The lowest BCUT2D eigenvalue weighted by atomic mass is 10.00. The van der Waals surface area contributed by atoms with Crippen LogP contribution in [0, 0.1) is 0 Å². The van der Waals surface area contributed by atoms with Gasteiger partial charge in [-0.05, 0) is 19.3 Å². The Kier molecular flexibility index (Phi) is 3.84. The zero-order valence-corrected chi connectivity index (χ0v) is 10.8. The number of nitrogens with two attached hydrogens (primary N) is 1. The molecule has 2 rings (SSSR count). The van der Waals surface area contributed by atoms with Crippen LogP contribution in [0.1, 0.15) is 30.9 Å². The number of aliphatic carboxylic acids is 1. The molecule has 2 atom stereocenters. The topological polar surface area (TPSA) is 101 Å². The maximum atomic E-state index is 12.3. The summed E-state index contributed by atoms with van der Waals surface area (Å²) in [5, 5.41) is 13.1. The number of carboxylic acid groups (broad SMARTS) is 1. The van der Waals surface area contributed by atoms with Gasteiger partial charge in [-0.25, -0.2) is 4.79 Å². The van der Waals surface area contributed by atoms with Crippen LogP contribution in [0.25, 0.3) is 0 Å². The second-order valence-corrected chi connectivity index (χ2v) is 4.81. The molecule has 2 heterocycles. The minimum atomic E-state index is -0.966. The van der Waals surface area contributed by atoms with Crippen molar-refractivity contribution in [3.05, 3.63) is 18.0 Å². The minimum Gasteiger partial charge on any atom is -0.480 e. The van der Waals surface area contributed by atoms with Gasteiger partial charge in [0.15, 0.2) is 0 Å². The van der Waals surface area contributed by atoms with Gasteiger partial charge in [0.1, 0.15) is 12.1 Å². The van der Waals surface area contributed by atoms with Crippen LogP contribution >= 0.6 is 0 Å². The quantitative estimate of drug-likeness (QED) is 0.794. The molecule has 1 amide bonds.